The lowest BCUT2D eigenvalue weighted by molar-refractivity contribution is -0.131. The summed E-state index contributed by atoms with van der Waals surface area (Å²) in [6.07, 6.45) is 10.7. The van der Waals surface area contributed by atoms with Crippen LogP contribution >= 0.6 is 0 Å². The molecule has 0 aliphatic heterocycles. The van der Waals surface area contributed by atoms with Crippen LogP contribution in [0.4, 0.5) is 5.69 Å². The Morgan fingerprint density at radius 3 is 2.19 bits per heavy atom. The standard InChI is InChI=1S/C30H39N3O4/c1-20(34)37-28-9-5-3-7-26(28)30(36)33-27-8-4-2-6-23(27)19-29(35)32-25-16-12-22(13-17-25)18-21-10-14-24(31)15-11-21/h2-9,21-22,24-25H,10-19,31H2,1H3,(H,32,35)(H,33,36). The summed E-state index contributed by atoms with van der Waals surface area (Å²) in [5, 5.41) is 6.09. The normalized spacial score (nSPS) is 23.6. The minimum atomic E-state index is -0.495. The van der Waals surface area contributed by atoms with Crippen molar-refractivity contribution < 1.29 is 19.1 Å². The first-order valence-electron chi connectivity index (χ1n) is 13.6. The molecule has 2 saturated carbocycles. The second-order valence-electron chi connectivity index (χ2n) is 10.7. The maximum Gasteiger partial charge on any atom is 0.308 e. The van der Waals surface area contributed by atoms with E-state index in [2.05, 4.69) is 10.6 Å². The van der Waals surface area contributed by atoms with Crippen LogP contribution in [0.3, 0.4) is 0 Å². The predicted octanol–water partition coefficient (Wildman–Crippen LogP) is 4.99. The number of para-hydroxylation sites is 2. The quantitative estimate of drug-likeness (QED) is 0.346. The van der Waals surface area contributed by atoms with Gasteiger partial charge in [-0.15, -0.1) is 0 Å². The van der Waals surface area contributed by atoms with Gasteiger partial charge in [0, 0.05) is 24.7 Å². The summed E-state index contributed by atoms with van der Waals surface area (Å²) in [6.45, 7) is 1.29. The number of amides is 2. The Balaban J connectivity index is 1.28. The molecule has 0 unspecified atom stereocenters. The van der Waals surface area contributed by atoms with Gasteiger partial charge in [0.05, 0.1) is 12.0 Å². The molecule has 0 spiro atoms. The molecule has 4 N–H and O–H groups in total. The third-order valence-corrected chi connectivity index (χ3v) is 7.77. The number of hydrogen-bond acceptors (Lipinski definition) is 5. The van der Waals surface area contributed by atoms with E-state index in [9.17, 15) is 14.4 Å². The smallest absolute Gasteiger partial charge is 0.308 e. The van der Waals surface area contributed by atoms with Crippen LogP contribution in [0.15, 0.2) is 48.5 Å². The van der Waals surface area contributed by atoms with Crippen LogP contribution in [0.25, 0.3) is 0 Å². The van der Waals surface area contributed by atoms with E-state index in [1.54, 1.807) is 30.3 Å². The Morgan fingerprint density at radius 1 is 0.865 bits per heavy atom. The lowest BCUT2D eigenvalue weighted by atomic mass is 9.76. The summed E-state index contributed by atoms with van der Waals surface area (Å²) >= 11 is 0. The van der Waals surface area contributed by atoms with Gasteiger partial charge in [0.1, 0.15) is 5.75 Å². The number of carbonyl (C=O) groups excluding carboxylic acids is 3. The summed E-state index contributed by atoms with van der Waals surface area (Å²) in [6, 6.07) is 14.5. The van der Waals surface area contributed by atoms with E-state index in [0.29, 0.717) is 11.7 Å². The fourth-order valence-electron chi connectivity index (χ4n) is 5.77. The summed E-state index contributed by atoms with van der Waals surface area (Å²) < 4.78 is 5.17. The zero-order valence-corrected chi connectivity index (χ0v) is 21.7. The number of anilines is 1. The van der Waals surface area contributed by atoms with Gasteiger partial charge in [0.15, 0.2) is 0 Å². The maximum absolute atomic E-state index is 13.0. The molecule has 0 atom stereocenters. The second-order valence-corrected chi connectivity index (χ2v) is 10.7. The Labute approximate surface area is 219 Å². The number of esters is 1. The van der Waals surface area contributed by atoms with Gasteiger partial charge in [-0.1, -0.05) is 30.3 Å². The number of benzene rings is 2. The lowest BCUT2D eigenvalue weighted by Crippen LogP contribution is -2.39. The van der Waals surface area contributed by atoms with Gasteiger partial charge in [-0.3, -0.25) is 14.4 Å². The molecule has 198 valence electrons. The van der Waals surface area contributed by atoms with Crippen molar-refractivity contribution in [3.8, 4) is 5.75 Å². The molecule has 0 bridgehead atoms. The minimum Gasteiger partial charge on any atom is -0.426 e. The van der Waals surface area contributed by atoms with Gasteiger partial charge in [-0.25, -0.2) is 0 Å². The number of nitrogens with one attached hydrogen (secondary N) is 2. The Hall–Kier alpha value is -3.19. The molecule has 4 rings (SSSR count). The number of hydrogen-bond donors (Lipinski definition) is 3. The van der Waals surface area contributed by atoms with Crippen LogP contribution in [-0.4, -0.2) is 29.9 Å². The molecule has 2 amide bonds. The third-order valence-electron chi connectivity index (χ3n) is 7.77. The van der Waals surface area contributed by atoms with Crippen LogP contribution in [0, 0.1) is 11.8 Å². The van der Waals surface area contributed by atoms with E-state index in [0.717, 1.165) is 43.1 Å². The summed E-state index contributed by atoms with van der Waals surface area (Å²) in [5.74, 6) is 0.854. The van der Waals surface area contributed by atoms with Crippen molar-refractivity contribution in [1.82, 2.24) is 5.32 Å². The van der Waals surface area contributed by atoms with Crippen LogP contribution in [0.2, 0.25) is 0 Å². The first kappa shape index (κ1) is 26.9. The Kier molecular flexibility index (Phi) is 9.34. The number of ether oxygens (including phenoxy) is 1. The lowest BCUT2D eigenvalue weighted by Gasteiger charge is -2.33. The van der Waals surface area contributed by atoms with Crippen molar-refractivity contribution in [2.75, 3.05) is 5.32 Å². The molecule has 7 nitrogen and oxygen atoms in total. The van der Waals surface area contributed by atoms with Crippen molar-refractivity contribution in [2.24, 2.45) is 17.6 Å². The largest absolute Gasteiger partial charge is 0.426 e. The molecule has 2 aromatic carbocycles. The van der Waals surface area contributed by atoms with E-state index in [4.69, 9.17) is 10.5 Å². The Morgan fingerprint density at radius 2 is 1.49 bits per heavy atom. The van der Waals surface area contributed by atoms with E-state index >= 15 is 0 Å². The third kappa shape index (κ3) is 7.89. The molecule has 7 heteroatoms. The molecule has 2 aliphatic rings. The van der Waals surface area contributed by atoms with Gasteiger partial charge >= 0.3 is 5.97 Å². The molecule has 0 heterocycles. The summed E-state index contributed by atoms with van der Waals surface area (Å²) in [5.41, 5.74) is 7.61. The summed E-state index contributed by atoms with van der Waals surface area (Å²) in [4.78, 5) is 37.3. The fraction of sp³-hybridized carbons (Fsp3) is 0.500. The molecule has 2 aromatic rings. The van der Waals surface area contributed by atoms with Crippen LogP contribution < -0.4 is 21.1 Å². The fourth-order valence-corrected chi connectivity index (χ4v) is 5.77. The second kappa shape index (κ2) is 12.9. The zero-order valence-electron chi connectivity index (χ0n) is 21.7. The first-order chi connectivity index (χ1) is 17.9. The minimum absolute atomic E-state index is 0.0354. The SMILES string of the molecule is CC(=O)Oc1ccccc1C(=O)Nc1ccccc1CC(=O)NC1CCC(CC2CCC(N)CC2)CC1. The monoisotopic (exact) mass is 505 g/mol. The number of carbonyl (C=O) groups is 3. The Bertz CT molecular complexity index is 1090. The van der Waals surface area contributed by atoms with Crippen molar-refractivity contribution in [1.29, 1.82) is 0 Å². The van der Waals surface area contributed by atoms with E-state index < -0.39 is 11.9 Å². The van der Waals surface area contributed by atoms with Crippen LogP contribution in [0.5, 0.6) is 5.75 Å². The van der Waals surface area contributed by atoms with E-state index in [-0.39, 0.29) is 29.7 Å². The topological polar surface area (TPSA) is 111 Å². The molecule has 0 saturated heterocycles. The maximum atomic E-state index is 13.0. The van der Waals surface area contributed by atoms with Gasteiger partial charge in [0.2, 0.25) is 5.91 Å². The van der Waals surface area contributed by atoms with Crippen molar-refractivity contribution in [2.45, 2.75) is 83.2 Å². The van der Waals surface area contributed by atoms with E-state index in [1.807, 2.05) is 18.2 Å². The highest BCUT2D eigenvalue weighted by molar-refractivity contribution is 6.07. The highest BCUT2D eigenvalue weighted by Gasteiger charge is 2.27. The highest BCUT2D eigenvalue weighted by atomic mass is 16.5. The molecule has 2 fully saturated rings. The van der Waals surface area contributed by atoms with Crippen molar-refractivity contribution in [3.05, 3.63) is 59.7 Å². The van der Waals surface area contributed by atoms with Gasteiger partial charge in [-0.05, 0) is 93.4 Å². The average Bonchev–Trinajstić information content (AvgIpc) is 2.87. The molecule has 37 heavy (non-hydrogen) atoms. The summed E-state index contributed by atoms with van der Waals surface area (Å²) in [7, 11) is 0. The number of rotatable bonds is 8. The van der Waals surface area contributed by atoms with Crippen LogP contribution in [-0.2, 0) is 16.0 Å². The zero-order chi connectivity index (χ0) is 26.2. The average molecular weight is 506 g/mol. The van der Waals surface area contributed by atoms with Gasteiger partial charge in [-0.2, -0.15) is 0 Å². The van der Waals surface area contributed by atoms with Crippen molar-refractivity contribution >= 4 is 23.5 Å². The van der Waals surface area contributed by atoms with Crippen molar-refractivity contribution in [3.63, 3.8) is 0 Å². The van der Waals surface area contributed by atoms with E-state index in [1.165, 1.54) is 39.0 Å². The molecular weight excluding hydrogens is 466 g/mol. The first-order valence-corrected chi connectivity index (χ1v) is 13.6. The highest BCUT2D eigenvalue weighted by Crippen LogP contribution is 2.35. The molecule has 0 radical (unpaired) electrons. The molecule has 2 aliphatic carbocycles. The molecular formula is C30H39N3O4. The predicted molar refractivity (Wildman–Crippen MR) is 144 cm³/mol. The van der Waals surface area contributed by atoms with Gasteiger partial charge < -0.3 is 21.1 Å². The van der Waals surface area contributed by atoms with Crippen LogP contribution in [0.1, 0.15) is 80.6 Å². The number of nitrogens with two attached hydrogens (primary N) is 1. The van der Waals surface area contributed by atoms with Gasteiger partial charge in [0.25, 0.3) is 5.91 Å². The molecule has 0 aromatic heterocycles.